The van der Waals surface area contributed by atoms with E-state index in [1.807, 2.05) is 0 Å². The average Bonchev–Trinajstić information content (AvgIpc) is 1.84. The summed E-state index contributed by atoms with van der Waals surface area (Å²) in [6, 6.07) is 0. The first kappa shape index (κ1) is 11.9. The molecule has 0 aliphatic carbocycles. The smallest absolute Gasteiger partial charge is 0.304 e. The highest BCUT2D eigenvalue weighted by atomic mass is 79.9. The van der Waals surface area contributed by atoms with Crippen LogP contribution in [0.4, 0.5) is 0 Å². The summed E-state index contributed by atoms with van der Waals surface area (Å²) in [6.07, 6.45) is 3.49. The summed E-state index contributed by atoms with van der Waals surface area (Å²) in [5, 5.41) is 8.46. The first-order valence-corrected chi connectivity index (χ1v) is 5.29. The third-order valence-corrected chi connectivity index (χ3v) is 2.48. The molecule has 0 bridgehead atoms. The highest BCUT2D eigenvalue weighted by Crippen LogP contribution is 2.16. The molecule has 0 heterocycles. The van der Waals surface area contributed by atoms with Crippen LogP contribution in [0.3, 0.4) is 0 Å². The average molecular weight is 237 g/mol. The first-order chi connectivity index (χ1) is 5.52. The number of aliphatic carboxylic acids is 1. The SMILES string of the molecule is CC(C)CCCC(Br)CC(=O)O. The van der Waals surface area contributed by atoms with Crippen LogP contribution in [0.25, 0.3) is 0 Å². The Bertz CT molecular complexity index is 134. The van der Waals surface area contributed by atoms with Gasteiger partial charge in [0.2, 0.25) is 0 Å². The summed E-state index contributed by atoms with van der Waals surface area (Å²) in [4.78, 5) is 10.4. The highest BCUT2D eigenvalue weighted by Gasteiger charge is 2.08. The summed E-state index contributed by atoms with van der Waals surface area (Å²) in [5.41, 5.74) is 0. The Morgan fingerprint density at radius 2 is 2.00 bits per heavy atom. The van der Waals surface area contributed by atoms with Crippen LogP contribution in [0.15, 0.2) is 0 Å². The molecule has 0 amide bonds. The van der Waals surface area contributed by atoms with Gasteiger partial charge in [-0.15, -0.1) is 0 Å². The largest absolute Gasteiger partial charge is 0.481 e. The number of alkyl halides is 1. The van der Waals surface area contributed by atoms with Crippen LogP contribution in [0.5, 0.6) is 0 Å². The van der Waals surface area contributed by atoms with Gasteiger partial charge in [0.25, 0.3) is 0 Å². The van der Waals surface area contributed by atoms with Gasteiger partial charge in [0.15, 0.2) is 0 Å². The van der Waals surface area contributed by atoms with Crippen molar-refractivity contribution >= 4 is 21.9 Å². The maximum Gasteiger partial charge on any atom is 0.304 e. The summed E-state index contributed by atoms with van der Waals surface area (Å²) in [6.45, 7) is 4.36. The summed E-state index contributed by atoms with van der Waals surface area (Å²) in [7, 11) is 0. The third-order valence-electron chi connectivity index (χ3n) is 1.69. The molecule has 0 rings (SSSR count). The second kappa shape index (κ2) is 6.46. The van der Waals surface area contributed by atoms with Crippen LogP contribution >= 0.6 is 15.9 Å². The van der Waals surface area contributed by atoms with Crippen molar-refractivity contribution in [2.75, 3.05) is 0 Å². The molecule has 0 spiro atoms. The standard InChI is InChI=1S/C9H17BrO2/c1-7(2)4-3-5-8(10)6-9(11)12/h7-8H,3-6H2,1-2H3,(H,11,12). The van der Waals surface area contributed by atoms with Gasteiger partial charge in [-0.25, -0.2) is 0 Å². The Labute approximate surface area is 82.5 Å². The zero-order valence-corrected chi connectivity index (χ0v) is 9.30. The van der Waals surface area contributed by atoms with E-state index in [9.17, 15) is 4.79 Å². The van der Waals surface area contributed by atoms with E-state index in [0.29, 0.717) is 0 Å². The molecule has 0 saturated carbocycles. The molecule has 1 unspecified atom stereocenters. The van der Waals surface area contributed by atoms with Crippen LogP contribution in [-0.2, 0) is 4.79 Å². The summed E-state index contributed by atoms with van der Waals surface area (Å²) in [5.74, 6) is -0.00375. The predicted octanol–water partition coefficient (Wildman–Crippen LogP) is 3.05. The van der Waals surface area contributed by atoms with Gasteiger partial charge in [-0.2, -0.15) is 0 Å². The number of carboxylic acid groups (broad SMARTS) is 1. The lowest BCUT2D eigenvalue weighted by molar-refractivity contribution is -0.136. The Morgan fingerprint density at radius 1 is 1.42 bits per heavy atom. The molecule has 0 fully saturated rings. The molecule has 0 aromatic carbocycles. The Kier molecular flexibility index (Phi) is 6.44. The molecule has 1 N–H and O–H groups in total. The van der Waals surface area contributed by atoms with E-state index < -0.39 is 5.97 Å². The molecule has 12 heavy (non-hydrogen) atoms. The van der Waals surface area contributed by atoms with Crippen molar-refractivity contribution in [1.82, 2.24) is 0 Å². The van der Waals surface area contributed by atoms with Gasteiger partial charge in [-0.1, -0.05) is 42.6 Å². The van der Waals surface area contributed by atoms with Gasteiger partial charge in [0.05, 0.1) is 6.42 Å². The van der Waals surface area contributed by atoms with Gasteiger partial charge >= 0.3 is 5.97 Å². The predicted molar refractivity (Wildman–Crippen MR) is 53.7 cm³/mol. The summed E-state index contributed by atoms with van der Waals surface area (Å²) < 4.78 is 0. The van der Waals surface area contributed by atoms with Crippen molar-refractivity contribution in [2.24, 2.45) is 5.92 Å². The lowest BCUT2D eigenvalue weighted by atomic mass is 10.0. The zero-order valence-electron chi connectivity index (χ0n) is 7.72. The van der Waals surface area contributed by atoms with E-state index in [1.54, 1.807) is 0 Å². The molecule has 0 saturated heterocycles. The first-order valence-electron chi connectivity index (χ1n) is 4.38. The number of hydrogen-bond acceptors (Lipinski definition) is 1. The van der Waals surface area contributed by atoms with E-state index in [4.69, 9.17) is 5.11 Å². The maximum absolute atomic E-state index is 10.3. The normalized spacial score (nSPS) is 13.3. The van der Waals surface area contributed by atoms with Crippen LogP contribution in [0.1, 0.15) is 39.5 Å². The molecule has 72 valence electrons. The van der Waals surface area contributed by atoms with E-state index in [0.717, 1.165) is 18.8 Å². The van der Waals surface area contributed by atoms with E-state index in [1.165, 1.54) is 6.42 Å². The molecule has 0 aliphatic rings. The van der Waals surface area contributed by atoms with E-state index in [2.05, 4.69) is 29.8 Å². The maximum atomic E-state index is 10.3. The number of carbonyl (C=O) groups is 1. The zero-order chi connectivity index (χ0) is 9.56. The van der Waals surface area contributed by atoms with Crippen molar-refractivity contribution in [3.63, 3.8) is 0 Å². The minimum absolute atomic E-state index is 0.147. The molecular weight excluding hydrogens is 220 g/mol. The second-order valence-electron chi connectivity index (χ2n) is 3.52. The van der Waals surface area contributed by atoms with Crippen LogP contribution in [0, 0.1) is 5.92 Å². The second-order valence-corrected chi connectivity index (χ2v) is 4.81. The quantitative estimate of drug-likeness (QED) is 0.721. The fourth-order valence-electron chi connectivity index (χ4n) is 1.04. The van der Waals surface area contributed by atoms with Crippen molar-refractivity contribution in [3.8, 4) is 0 Å². The van der Waals surface area contributed by atoms with Gasteiger partial charge in [-0.3, -0.25) is 4.79 Å². The van der Waals surface area contributed by atoms with Crippen molar-refractivity contribution in [1.29, 1.82) is 0 Å². The number of rotatable bonds is 6. The van der Waals surface area contributed by atoms with Crippen LogP contribution in [0.2, 0.25) is 0 Å². The Morgan fingerprint density at radius 3 is 2.42 bits per heavy atom. The van der Waals surface area contributed by atoms with Crippen LogP contribution in [-0.4, -0.2) is 15.9 Å². The Hall–Kier alpha value is -0.0500. The lowest BCUT2D eigenvalue weighted by Gasteiger charge is -2.07. The number of hydrogen-bond donors (Lipinski definition) is 1. The van der Waals surface area contributed by atoms with Crippen LogP contribution < -0.4 is 0 Å². The van der Waals surface area contributed by atoms with Crippen molar-refractivity contribution in [3.05, 3.63) is 0 Å². The van der Waals surface area contributed by atoms with Gasteiger partial charge in [-0.05, 0) is 12.3 Å². The topological polar surface area (TPSA) is 37.3 Å². The number of halogens is 1. The van der Waals surface area contributed by atoms with E-state index in [-0.39, 0.29) is 11.2 Å². The molecule has 1 atom stereocenters. The molecule has 3 heteroatoms. The van der Waals surface area contributed by atoms with Gasteiger partial charge < -0.3 is 5.11 Å². The molecule has 0 aromatic heterocycles. The molecule has 0 aliphatic heterocycles. The Balaban J connectivity index is 3.31. The highest BCUT2D eigenvalue weighted by molar-refractivity contribution is 9.09. The molecule has 2 nitrogen and oxygen atoms in total. The molecule has 0 radical (unpaired) electrons. The van der Waals surface area contributed by atoms with E-state index >= 15 is 0 Å². The van der Waals surface area contributed by atoms with Gasteiger partial charge in [0, 0.05) is 4.83 Å². The summed E-state index contributed by atoms with van der Waals surface area (Å²) >= 11 is 3.35. The minimum Gasteiger partial charge on any atom is -0.481 e. The molecular formula is C9H17BrO2. The van der Waals surface area contributed by atoms with Crippen molar-refractivity contribution < 1.29 is 9.90 Å². The van der Waals surface area contributed by atoms with Crippen molar-refractivity contribution in [2.45, 2.75) is 44.4 Å². The monoisotopic (exact) mass is 236 g/mol. The van der Waals surface area contributed by atoms with Gasteiger partial charge in [0.1, 0.15) is 0 Å². The number of carboxylic acids is 1. The third kappa shape index (κ3) is 8.05. The minimum atomic E-state index is -0.721. The lowest BCUT2D eigenvalue weighted by Crippen LogP contribution is -2.06. The fraction of sp³-hybridized carbons (Fsp3) is 0.889. The fourth-order valence-corrected chi connectivity index (χ4v) is 1.64. The molecule has 0 aromatic rings.